The summed E-state index contributed by atoms with van der Waals surface area (Å²) in [4.78, 5) is 16.7. The standard InChI is InChI=1S/C17H26N4O.3ClH/c1-20-8-10-21(11-9-20)13-15-4-2-14(3-5-15)12-19-16(22)17(18)6-7-17;;;/h2-5H,6-13,18H2,1H3,(H,19,22);3*1H. The quantitative estimate of drug-likeness (QED) is 0.776. The zero-order valence-electron chi connectivity index (χ0n) is 14.6. The molecule has 0 spiro atoms. The number of nitrogens with two attached hydrogens (primary N) is 1. The lowest BCUT2D eigenvalue weighted by atomic mass is 10.1. The molecule has 0 bridgehead atoms. The van der Waals surface area contributed by atoms with E-state index in [0.717, 1.165) is 51.1 Å². The molecule has 8 heteroatoms. The number of nitrogens with one attached hydrogen (secondary N) is 1. The average Bonchev–Trinajstić information content (AvgIpc) is 3.28. The molecule has 3 N–H and O–H groups in total. The van der Waals surface area contributed by atoms with Gasteiger partial charge >= 0.3 is 0 Å². The van der Waals surface area contributed by atoms with Crippen molar-refractivity contribution in [3.63, 3.8) is 0 Å². The van der Waals surface area contributed by atoms with Crippen LogP contribution in [0.15, 0.2) is 24.3 Å². The molecular formula is C17H29Cl3N4O. The van der Waals surface area contributed by atoms with Crippen molar-refractivity contribution in [3.05, 3.63) is 35.4 Å². The highest BCUT2D eigenvalue weighted by Crippen LogP contribution is 2.32. The molecule has 0 atom stereocenters. The number of rotatable bonds is 5. The normalized spacial score (nSPS) is 19.0. The summed E-state index contributed by atoms with van der Waals surface area (Å²) in [6.07, 6.45) is 1.62. The Morgan fingerprint density at radius 1 is 1.04 bits per heavy atom. The summed E-state index contributed by atoms with van der Waals surface area (Å²) < 4.78 is 0. The summed E-state index contributed by atoms with van der Waals surface area (Å²) >= 11 is 0. The Labute approximate surface area is 168 Å². The van der Waals surface area contributed by atoms with Gasteiger partial charge < -0.3 is 16.0 Å². The highest BCUT2D eigenvalue weighted by atomic mass is 35.5. The van der Waals surface area contributed by atoms with E-state index in [9.17, 15) is 4.79 Å². The Hall–Kier alpha value is -0.560. The number of hydrogen-bond donors (Lipinski definition) is 2. The van der Waals surface area contributed by atoms with Crippen molar-refractivity contribution in [1.82, 2.24) is 15.1 Å². The molecule has 3 rings (SSSR count). The maximum absolute atomic E-state index is 11.8. The Bertz CT molecular complexity index is 529. The lowest BCUT2D eigenvalue weighted by molar-refractivity contribution is -0.123. The van der Waals surface area contributed by atoms with Gasteiger partial charge in [-0.15, -0.1) is 37.2 Å². The predicted octanol–water partition coefficient (Wildman–Crippen LogP) is 1.81. The minimum atomic E-state index is -0.582. The van der Waals surface area contributed by atoms with Crippen molar-refractivity contribution in [2.45, 2.75) is 31.5 Å². The summed E-state index contributed by atoms with van der Waals surface area (Å²) in [6.45, 7) is 6.12. The van der Waals surface area contributed by atoms with Crippen molar-refractivity contribution in [1.29, 1.82) is 0 Å². The predicted molar refractivity (Wildman–Crippen MR) is 109 cm³/mol. The molecule has 25 heavy (non-hydrogen) atoms. The maximum Gasteiger partial charge on any atom is 0.240 e. The zero-order valence-corrected chi connectivity index (χ0v) is 17.0. The van der Waals surface area contributed by atoms with Crippen LogP contribution in [0.3, 0.4) is 0 Å². The molecule has 2 aliphatic rings. The molecule has 1 saturated carbocycles. The molecule has 5 nitrogen and oxygen atoms in total. The molecule has 1 saturated heterocycles. The number of amides is 1. The largest absolute Gasteiger partial charge is 0.350 e. The fraction of sp³-hybridized carbons (Fsp3) is 0.588. The number of likely N-dealkylation sites (N-methyl/N-ethyl adjacent to an activating group) is 1. The molecule has 0 aromatic heterocycles. The van der Waals surface area contributed by atoms with Gasteiger partial charge in [0.25, 0.3) is 0 Å². The first-order chi connectivity index (χ1) is 10.5. The average molecular weight is 412 g/mol. The number of piperazine rings is 1. The monoisotopic (exact) mass is 410 g/mol. The number of carbonyl (C=O) groups excluding carboxylic acids is 1. The Morgan fingerprint density at radius 2 is 1.56 bits per heavy atom. The van der Waals surface area contributed by atoms with Gasteiger partial charge in [0.15, 0.2) is 0 Å². The molecule has 1 amide bonds. The topological polar surface area (TPSA) is 61.6 Å². The van der Waals surface area contributed by atoms with Gasteiger partial charge in [-0.25, -0.2) is 0 Å². The highest BCUT2D eigenvalue weighted by molar-refractivity contribution is 5.88. The third-order valence-corrected chi connectivity index (χ3v) is 4.72. The second-order valence-electron chi connectivity index (χ2n) is 6.73. The van der Waals surface area contributed by atoms with Gasteiger partial charge in [0.05, 0.1) is 5.54 Å². The minimum absolute atomic E-state index is 0. The lowest BCUT2D eigenvalue weighted by Gasteiger charge is -2.32. The molecular weight excluding hydrogens is 383 g/mol. The molecule has 1 aromatic carbocycles. The fourth-order valence-electron chi connectivity index (χ4n) is 2.75. The first-order valence-corrected chi connectivity index (χ1v) is 8.11. The van der Waals surface area contributed by atoms with E-state index in [-0.39, 0.29) is 43.1 Å². The van der Waals surface area contributed by atoms with Crippen LogP contribution in [0.5, 0.6) is 0 Å². The number of nitrogens with zero attached hydrogens (tertiary/aromatic N) is 2. The van der Waals surface area contributed by atoms with Crippen LogP contribution in [0, 0.1) is 0 Å². The van der Waals surface area contributed by atoms with Crippen LogP contribution < -0.4 is 11.1 Å². The minimum Gasteiger partial charge on any atom is -0.350 e. The lowest BCUT2D eigenvalue weighted by Crippen LogP contribution is -2.43. The van der Waals surface area contributed by atoms with Crippen LogP contribution >= 0.6 is 37.2 Å². The molecule has 1 aliphatic heterocycles. The summed E-state index contributed by atoms with van der Waals surface area (Å²) in [6, 6.07) is 8.52. The van der Waals surface area contributed by atoms with Gasteiger partial charge in [-0.05, 0) is 31.0 Å². The number of carbonyl (C=O) groups is 1. The first kappa shape index (κ1) is 24.4. The van der Waals surface area contributed by atoms with E-state index in [1.807, 2.05) is 0 Å². The van der Waals surface area contributed by atoms with Crippen molar-refractivity contribution in [3.8, 4) is 0 Å². The van der Waals surface area contributed by atoms with Gasteiger partial charge in [-0.1, -0.05) is 24.3 Å². The molecule has 1 heterocycles. The van der Waals surface area contributed by atoms with Crippen molar-refractivity contribution in [2.75, 3.05) is 33.2 Å². The van der Waals surface area contributed by atoms with Gasteiger partial charge in [0.2, 0.25) is 5.91 Å². The number of hydrogen-bond acceptors (Lipinski definition) is 4. The summed E-state index contributed by atoms with van der Waals surface area (Å²) in [5.41, 5.74) is 7.74. The van der Waals surface area contributed by atoms with E-state index in [0.29, 0.717) is 6.54 Å². The molecule has 144 valence electrons. The van der Waals surface area contributed by atoms with Crippen LogP contribution in [-0.4, -0.2) is 54.5 Å². The Balaban J connectivity index is 0.00000192. The Morgan fingerprint density at radius 3 is 2.08 bits per heavy atom. The second-order valence-corrected chi connectivity index (χ2v) is 6.73. The maximum atomic E-state index is 11.8. The van der Waals surface area contributed by atoms with E-state index >= 15 is 0 Å². The molecule has 1 aromatic rings. The van der Waals surface area contributed by atoms with Crippen LogP contribution in [0.4, 0.5) is 0 Å². The van der Waals surface area contributed by atoms with Crippen LogP contribution in [0.25, 0.3) is 0 Å². The Kier molecular flexibility index (Phi) is 10.3. The summed E-state index contributed by atoms with van der Waals surface area (Å²) in [5, 5.41) is 2.93. The van der Waals surface area contributed by atoms with Crippen molar-refractivity contribution >= 4 is 43.1 Å². The molecule has 0 unspecified atom stereocenters. The molecule has 1 aliphatic carbocycles. The van der Waals surface area contributed by atoms with Crippen LogP contribution in [-0.2, 0) is 17.9 Å². The van der Waals surface area contributed by atoms with E-state index in [2.05, 4.69) is 46.4 Å². The van der Waals surface area contributed by atoms with Gasteiger partial charge in [-0.2, -0.15) is 0 Å². The van der Waals surface area contributed by atoms with Crippen molar-refractivity contribution in [2.24, 2.45) is 5.73 Å². The first-order valence-electron chi connectivity index (χ1n) is 8.11. The fourth-order valence-corrected chi connectivity index (χ4v) is 2.75. The van der Waals surface area contributed by atoms with E-state index in [1.54, 1.807) is 0 Å². The van der Waals surface area contributed by atoms with Crippen LogP contribution in [0.1, 0.15) is 24.0 Å². The van der Waals surface area contributed by atoms with Gasteiger partial charge in [0.1, 0.15) is 0 Å². The highest BCUT2D eigenvalue weighted by Gasteiger charge is 2.45. The van der Waals surface area contributed by atoms with E-state index in [4.69, 9.17) is 5.73 Å². The van der Waals surface area contributed by atoms with Gasteiger partial charge in [0, 0.05) is 39.3 Å². The summed E-state index contributed by atoms with van der Waals surface area (Å²) in [5.74, 6) is -0.0194. The molecule has 2 fully saturated rings. The van der Waals surface area contributed by atoms with E-state index < -0.39 is 5.54 Å². The SMILES string of the molecule is CN1CCN(Cc2ccc(CNC(=O)C3(N)CC3)cc2)CC1.Cl.Cl.Cl. The van der Waals surface area contributed by atoms with Crippen molar-refractivity contribution < 1.29 is 4.79 Å². The molecule has 0 radical (unpaired) electrons. The zero-order chi connectivity index (χ0) is 15.6. The third kappa shape index (κ3) is 6.93. The third-order valence-electron chi connectivity index (χ3n) is 4.72. The second kappa shape index (κ2) is 10.6. The van der Waals surface area contributed by atoms with Gasteiger partial charge in [-0.3, -0.25) is 9.69 Å². The van der Waals surface area contributed by atoms with Crippen LogP contribution in [0.2, 0.25) is 0 Å². The number of benzene rings is 1. The smallest absolute Gasteiger partial charge is 0.240 e. The summed E-state index contributed by atoms with van der Waals surface area (Å²) in [7, 11) is 2.17. The van der Waals surface area contributed by atoms with E-state index in [1.165, 1.54) is 5.56 Å². The number of halogens is 3.